The summed E-state index contributed by atoms with van der Waals surface area (Å²) < 4.78 is 2.11. The highest BCUT2D eigenvalue weighted by Gasteiger charge is 2.39. The van der Waals surface area contributed by atoms with Gasteiger partial charge in [-0.15, -0.1) is 0 Å². The van der Waals surface area contributed by atoms with E-state index in [1.54, 1.807) is 6.20 Å². The standard InChI is InChI=1S/C21H23N5O/c1-13-8-18(13)21(27)25-19-9-16(6-7-22-19)23-10-17-12-26-11-15(14-2-3-14)4-5-20(26)24-17/h4-7,9,11-14,18H,2-3,8,10H2,1H3,(H2,22,23,25,27)/t13-,18-/m1/s1. The van der Waals surface area contributed by atoms with Gasteiger partial charge in [0.2, 0.25) is 5.91 Å². The van der Waals surface area contributed by atoms with E-state index >= 15 is 0 Å². The van der Waals surface area contributed by atoms with Gasteiger partial charge in [-0.05, 0) is 48.8 Å². The molecule has 0 aromatic carbocycles. The first-order chi connectivity index (χ1) is 13.2. The minimum Gasteiger partial charge on any atom is -0.379 e. The Bertz CT molecular complexity index is 1010. The van der Waals surface area contributed by atoms with Gasteiger partial charge in [-0.3, -0.25) is 4.79 Å². The molecule has 2 atom stereocenters. The third-order valence-electron chi connectivity index (χ3n) is 5.50. The van der Waals surface area contributed by atoms with Crippen molar-refractivity contribution in [2.75, 3.05) is 10.6 Å². The minimum absolute atomic E-state index is 0.0685. The number of carbonyl (C=O) groups is 1. The van der Waals surface area contributed by atoms with Crippen LogP contribution in [0.4, 0.5) is 11.5 Å². The summed E-state index contributed by atoms with van der Waals surface area (Å²) in [4.78, 5) is 21.0. The zero-order valence-corrected chi connectivity index (χ0v) is 15.4. The van der Waals surface area contributed by atoms with Gasteiger partial charge in [0.25, 0.3) is 0 Å². The molecular formula is C21H23N5O. The lowest BCUT2D eigenvalue weighted by molar-refractivity contribution is -0.117. The highest BCUT2D eigenvalue weighted by molar-refractivity contribution is 5.93. The zero-order chi connectivity index (χ0) is 18.4. The smallest absolute Gasteiger partial charge is 0.228 e. The van der Waals surface area contributed by atoms with Crippen LogP contribution in [0.3, 0.4) is 0 Å². The van der Waals surface area contributed by atoms with Crippen LogP contribution in [0.2, 0.25) is 0 Å². The lowest BCUT2D eigenvalue weighted by atomic mass is 10.2. The molecule has 1 amide bonds. The molecule has 0 bridgehead atoms. The van der Waals surface area contributed by atoms with Crippen LogP contribution in [0, 0.1) is 11.8 Å². The molecule has 0 saturated heterocycles. The maximum atomic E-state index is 12.1. The summed E-state index contributed by atoms with van der Waals surface area (Å²) in [7, 11) is 0. The topological polar surface area (TPSA) is 71.3 Å². The van der Waals surface area contributed by atoms with E-state index < -0.39 is 0 Å². The quantitative estimate of drug-likeness (QED) is 0.700. The van der Waals surface area contributed by atoms with E-state index in [4.69, 9.17) is 0 Å². The van der Waals surface area contributed by atoms with Crippen LogP contribution in [-0.2, 0) is 11.3 Å². The van der Waals surface area contributed by atoms with E-state index in [9.17, 15) is 4.79 Å². The number of nitrogens with zero attached hydrogens (tertiary/aromatic N) is 3. The van der Waals surface area contributed by atoms with E-state index in [-0.39, 0.29) is 11.8 Å². The molecule has 138 valence electrons. The lowest BCUT2D eigenvalue weighted by Gasteiger charge is -2.07. The number of hydrogen-bond acceptors (Lipinski definition) is 4. The summed E-state index contributed by atoms with van der Waals surface area (Å²) in [6, 6.07) is 8.05. The third-order valence-corrected chi connectivity index (χ3v) is 5.50. The monoisotopic (exact) mass is 361 g/mol. The first-order valence-corrected chi connectivity index (χ1v) is 9.64. The lowest BCUT2D eigenvalue weighted by Crippen LogP contribution is -2.15. The molecule has 6 nitrogen and oxygen atoms in total. The van der Waals surface area contributed by atoms with Gasteiger partial charge in [0.1, 0.15) is 11.5 Å². The van der Waals surface area contributed by atoms with Gasteiger partial charge in [-0.1, -0.05) is 13.0 Å². The molecule has 6 heteroatoms. The van der Waals surface area contributed by atoms with Gasteiger partial charge in [-0.25, -0.2) is 9.97 Å². The number of hydrogen-bond donors (Lipinski definition) is 2. The van der Waals surface area contributed by atoms with Crippen LogP contribution in [0.1, 0.15) is 43.4 Å². The maximum Gasteiger partial charge on any atom is 0.228 e. The van der Waals surface area contributed by atoms with Crippen molar-refractivity contribution in [1.29, 1.82) is 0 Å². The van der Waals surface area contributed by atoms with Crippen LogP contribution < -0.4 is 10.6 Å². The zero-order valence-electron chi connectivity index (χ0n) is 15.4. The number of imidazole rings is 1. The number of fused-ring (bicyclic) bond motifs is 1. The van der Waals surface area contributed by atoms with Crippen molar-refractivity contribution < 1.29 is 4.79 Å². The molecule has 2 aliphatic rings. The highest BCUT2D eigenvalue weighted by Crippen LogP contribution is 2.40. The first-order valence-electron chi connectivity index (χ1n) is 9.64. The number of pyridine rings is 2. The average molecular weight is 361 g/mol. The fourth-order valence-corrected chi connectivity index (χ4v) is 3.51. The van der Waals surface area contributed by atoms with E-state index in [1.807, 2.05) is 12.1 Å². The van der Waals surface area contributed by atoms with Crippen LogP contribution in [0.5, 0.6) is 0 Å². The number of rotatable bonds is 6. The van der Waals surface area contributed by atoms with Gasteiger partial charge in [0.15, 0.2) is 0 Å². The normalized spacial score (nSPS) is 21.2. The Balaban J connectivity index is 1.25. The van der Waals surface area contributed by atoms with Crippen LogP contribution in [0.25, 0.3) is 5.65 Å². The molecule has 3 aromatic rings. The second-order valence-corrected chi connectivity index (χ2v) is 7.83. The Morgan fingerprint density at radius 3 is 2.89 bits per heavy atom. The minimum atomic E-state index is 0.0685. The Labute approximate surface area is 158 Å². The Hall–Kier alpha value is -2.89. The Morgan fingerprint density at radius 1 is 1.26 bits per heavy atom. The number of carbonyl (C=O) groups excluding carboxylic acids is 1. The average Bonchev–Trinajstić information content (AvgIpc) is 3.58. The number of amides is 1. The second kappa shape index (κ2) is 6.37. The molecule has 0 spiro atoms. The van der Waals surface area contributed by atoms with E-state index in [1.165, 1.54) is 18.4 Å². The van der Waals surface area contributed by atoms with Crippen molar-refractivity contribution >= 4 is 23.1 Å². The fraction of sp³-hybridized carbons (Fsp3) is 0.381. The summed E-state index contributed by atoms with van der Waals surface area (Å²) in [5.41, 5.74) is 4.27. The van der Waals surface area contributed by atoms with Crippen molar-refractivity contribution in [2.24, 2.45) is 11.8 Å². The largest absolute Gasteiger partial charge is 0.379 e. The van der Waals surface area contributed by atoms with Crippen LogP contribution >= 0.6 is 0 Å². The summed E-state index contributed by atoms with van der Waals surface area (Å²) >= 11 is 0. The molecule has 2 N–H and O–H groups in total. The van der Waals surface area contributed by atoms with E-state index in [2.05, 4.69) is 56.5 Å². The Kier molecular flexibility index (Phi) is 3.85. The van der Waals surface area contributed by atoms with Gasteiger partial charge in [-0.2, -0.15) is 0 Å². The van der Waals surface area contributed by atoms with Crippen molar-refractivity contribution in [3.05, 3.63) is 54.1 Å². The fourth-order valence-electron chi connectivity index (χ4n) is 3.51. The molecule has 27 heavy (non-hydrogen) atoms. The molecule has 3 aromatic heterocycles. The van der Waals surface area contributed by atoms with Gasteiger partial charge >= 0.3 is 0 Å². The molecule has 0 radical (unpaired) electrons. The maximum absolute atomic E-state index is 12.1. The molecule has 2 saturated carbocycles. The van der Waals surface area contributed by atoms with Crippen molar-refractivity contribution in [2.45, 2.75) is 38.6 Å². The molecule has 0 unspecified atom stereocenters. The van der Waals surface area contributed by atoms with Crippen molar-refractivity contribution in [3.63, 3.8) is 0 Å². The van der Waals surface area contributed by atoms with Gasteiger partial charge in [0, 0.05) is 36.3 Å². The summed E-state index contributed by atoms with van der Waals surface area (Å²) in [5.74, 6) is 2.03. The van der Waals surface area contributed by atoms with Gasteiger partial charge in [0.05, 0.1) is 12.2 Å². The van der Waals surface area contributed by atoms with E-state index in [0.29, 0.717) is 18.3 Å². The molecule has 2 fully saturated rings. The summed E-state index contributed by atoms with van der Waals surface area (Å²) in [6.45, 7) is 2.72. The molecule has 5 rings (SSSR count). The van der Waals surface area contributed by atoms with Crippen molar-refractivity contribution in [1.82, 2.24) is 14.4 Å². The summed E-state index contributed by atoms with van der Waals surface area (Å²) in [5, 5.41) is 6.28. The summed E-state index contributed by atoms with van der Waals surface area (Å²) in [6.07, 6.45) is 9.55. The molecular weight excluding hydrogens is 338 g/mol. The third kappa shape index (κ3) is 3.52. The molecule has 0 aliphatic heterocycles. The van der Waals surface area contributed by atoms with Crippen molar-refractivity contribution in [3.8, 4) is 0 Å². The van der Waals surface area contributed by atoms with E-state index in [0.717, 1.165) is 29.4 Å². The molecule has 2 aliphatic carbocycles. The number of aromatic nitrogens is 3. The predicted molar refractivity (Wildman–Crippen MR) is 105 cm³/mol. The second-order valence-electron chi connectivity index (χ2n) is 7.83. The van der Waals surface area contributed by atoms with Crippen LogP contribution in [0.15, 0.2) is 42.9 Å². The SMILES string of the molecule is C[C@@H]1C[C@H]1C(=O)Nc1cc(NCc2cn3cc(C4CC4)ccc3n2)ccn1. The first kappa shape index (κ1) is 16.3. The Morgan fingerprint density at radius 2 is 2.11 bits per heavy atom. The number of nitrogens with one attached hydrogen (secondary N) is 2. The predicted octanol–water partition coefficient (Wildman–Crippen LogP) is 3.81. The van der Waals surface area contributed by atoms with Gasteiger partial charge < -0.3 is 15.0 Å². The highest BCUT2D eigenvalue weighted by atomic mass is 16.2. The molecule has 3 heterocycles. The number of anilines is 2. The van der Waals surface area contributed by atoms with Crippen LogP contribution in [-0.4, -0.2) is 20.3 Å².